The first-order valence-electron chi connectivity index (χ1n) is 3.62. The lowest BCUT2D eigenvalue weighted by molar-refractivity contribution is 0.322. The second kappa shape index (κ2) is 4.18. The van der Waals surface area contributed by atoms with Gasteiger partial charge in [-0.05, 0) is 18.1 Å². The first kappa shape index (κ1) is 7.42. The van der Waals surface area contributed by atoms with Crippen molar-refractivity contribution in [2.75, 3.05) is 18.1 Å². The predicted octanol–water partition coefficient (Wildman–Crippen LogP) is 1.51. The summed E-state index contributed by atoms with van der Waals surface area (Å²) in [5.41, 5.74) is 0. The van der Waals surface area contributed by atoms with Crippen LogP contribution in [0.4, 0.5) is 0 Å². The van der Waals surface area contributed by atoms with Crippen molar-refractivity contribution in [3.8, 4) is 0 Å². The zero-order valence-electron chi connectivity index (χ0n) is 5.68. The minimum atomic E-state index is 0.343. The average Bonchev–Trinajstić information content (AvgIpc) is 2.63. The molecule has 1 fully saturated rings. The summed E-state index contributed by atoms with van der Waals surface area (Å²) in [5.74, 6) is 3.23. The second-order valence-electron chi connectivity index (χ2n) is 2.57. The maximum atomic E-state index is 8.43. The highest BCUT2D eigenvalue weighted by atomic mass is 32.2. The summed E-state index contributed by atoms with van der Waals surface area (Å²) < 4.78 is 0. The van der Waals surface area contributed by atoms with Crippen LogP contribution in [0.1, 0.15) is 19.3 Å². The van der Waals surface area contributed by atoms with E-state index in [1.165, 1.54) is 25.0 Å². The minimum absolute atomic E-state index is 0.343. The lowest BCUT2D eigenvalue weighted by Crippen LogP contribution is -1.88. The first-order chi connectivity index (χ1) is 4.43. The van der Waals surface area contributed by atoms with Crippen LogP contribution in [0.5, 0.6) is 0 Å². The van der Waals surface area contributed by atoms with Crippen LogP contribution in [0, 0.1) is 5.92 Å². The minimum Gasteiger partial charge on any atom is -0.396 e. The third-order valence-corrected chi connectivity index (χ3v) is 2.60. The van der Waals surface area contributed by atoms with Gasteiger partial charge in [-0.2, -0.15) is 11.8 Å². The molecule has 0 amide bonds. The van der Waals surface area contributed by atoms with Gasteiger partial charge in [0.05, 0.1) is 6.61 Å². The van der Waals surface area contributed by atoms with Crippen LogP contribution >= 0.6 is 11.8 Å². The fraction of sp³-hybridized carbons (Fsp3) is 1.00. The van der Waals surface area contributed by atoms with Crippen LogP contribution in [0.25, 0.3) is 0 Å². The molecule has 0 radical (unpaired) electrons. The summed E-state index contributed by atoms with van der Waals surface area (Å²) in [6.45, 7) is 0.343. The Morgan fingerprint density at radius 1 is 1.33 bits per heavy atom. The molecule has 0 aromatic heterocycles. The SMILES string of the molecule is OCCSCCC1CC1. The number of aliphatic hydroxyl groups excluding tert-OH is 1. The zero-order chi connectivity index (χ0) is 6.53. The van der Waals surface area contributed by atoms with E-state index in [-0.39, 0.29) is 0 Å². The predicted molar refractivity (Wildman–Crippen MR) is 41.8 cm³/mol. The molecule has 54 valence electrons. The van der Waals surface area contributed by atoms with Gasteiger partial charge in [-0.1, -0.05) is 12.8 Å². The number of aliphatic hydroxyl groups is 1. The fourth-order valence-corrected chi connectivity index (χ4v) is 1.66. The van der Waals surface area contributed by atoms with Crippen molar-refractivity contribution in [2.45, 2.75) is 19.3 Å². The molecule has 0 aliphatic heterocycles. The molecule has 0 unspecified atom stereocenters. The molecular weight excluding hydrogens is 132 g/mol. The molecule has 1 saturated carbocycles. The van der Waals surface area contributed by atoms with Crippen molar-refractivity contribution in [1.82, 2.24) is 0 Å². The summed E-state index contributed by atoms with van der Waals surface area (Å²) in [4.78, 5) is 0. The number of hydrogen-bond donors (Lipinski definition) is 1. The van der Waals surface area contributed by atoms with Crippen LogP contribution in [-0.2, 0) is 0 Å². The van der Waals surface area contributed by atoms with Gasteiger partial charge in [-0.3, -0.25) is 0 Å². The molecule has 2 heteroatoms. The molecule has 1 N–H and O–H groups in total. The van der Waals surface area contributed by atoms with Crippen LogP contribution in [0.2, 0.25) is 0 Å². The van der Waals surface area contributed by atoms with Gasteiger partial charge in [-0.25, -0.2) is 0 Å². The second-order valence-corrected chi connectivity index (χ2v) is 3.79. The lowest BCUT2D eigenvalue weighted by atomic mass is 10.3. The largest absolute Gasteiger partial charge is 0.396 e. The summed E-state index contributed by atoms with van der Waals surface area (Å²) in [7, 11) is 0. The van der Waals surface area contributed by atoms with Crippen molar-refractivity contribution >= 4 is 11.8 Å². The monoisotopic (exact) mass is 146 g/mol. The van der Waals surface area contributed by atoms with Gasteiger partial charge < -0.3 is 5.11 Å². The van der Waals surface area contributed by atoms with E-state index in [1.54, 1.807) is 0 Å². The molecule has 1 aliphatic rings. The smallest absolute Gasteiger partial charge is 0.0521 e. The Morgan fingerprint density at radius 2 is 2.11 bits per heavy atom. The molecule has 0 spiro atoms. The normalized spacial score (nSPS) is 18.3. The molecule has 0 aromatic carbocycles. The van der Waals surface area contributed by atoms with Crippen molar-refractivity contribution in [3.63, 3.8) is 0 Å². The first-order valence-corrected chi connectivity index (χ1v) is 4.77. The number of hydrogen-bond acceptors (Lipinski definition) is 2. The van der Waals surface area contributed by atoms with Gasteiger partial charge in [0.2, 0.25) is 0 Å². The van der Waals surface area contributed by atoms with E-state index < -0.39 is 0 Å². The van der Waals surface area contributed by atoms with E-state index in [9.17, 15) is 0 Å². The van der Waals surface area contributed by atoms with Crippen molar-refractivity contribution in [2.24, 2.45) is 5.92 Å². The van der Waals surface area contributed by atoms with Crippen LogP contribution in [-0.4, -0.2) is 23.2 Å². The zero-order valence-corrected chi connectivity index (χ0v) is 6.49. The molecule has 1 rings (SSSR count). The molecule has 1 aliphatic carbocycles. The lowest BCUT2D eigenvalue weighted by Gasteiger charge is -1.95. The highest BCUT2D eigenvalue weighted by Crippen LogP contribution is 2.33. The topological polar surface area (TPSA) is 20.2 Å². The van der Waals surface area contributed by atoms with Crippen molar-refractivity contribution in [3.05, 3.63) is 0 Å². The maximum absolute atomic E-state index is 8.43. The van der Waals surface area contributed by atoms with Crippen molar-refractivity contribution in [1.29, 1.82) is 0 Å². The van der Waals surface area contributed by atoms with E-state index >= 15 is 0 Å². The molecule has 0 aromatic rings. The summed E-state index contributed by atoms with van der Waals surface area (Å²) >= 11 is 1.87. The van der Waals surface area contributed by atoms with Crippen molar-refractivity contribution < 1.29 is 5.11 Å². The number of rotatable bonds is 5. The quantitative estimate of drug-likeness (QED) is 0.593. The molecule has 9 heavy (non-hydrogen) atoms. The summed E-state index contributed by atoms with van der Waals surface area (Å²) in [5, 5.41) is 8.43. The van der Waals surface area contributed by atoms with Gasteiger partial charge in [0.1, 0.15) is 0 Å². The maximum Gasteiger partial charge on any atom is 0.0521 e. The van der Waals surface area contributed by atoms with E-state index in [0.29, 0.717) is 6.61 Å². The third-order valence-electron chi connectivity index (χ3n) is 1.60. The standard InChI is InChI=1S/C7H14OS/c8-4-6-9-5-3-7-1-2-7/h7-8H,1-6H2. The molecule has 0 saturated heterocycles. The molecule has 0 atom stereocenters. The Balaban J connectivity index is 1.71. The Hall–Kier alpha value is 0.310. The summed E-state index contributed by atoms with van der Waals surface area (Å²) in [6, 6.07) is 0. The van der Waals surface area contributed by atoms with Gasteiger partial charge in [0.15, 0.2) is 0 Å². The highest BCUT2D eigenvalue weighted by molar-refractivity contribution is 7.99. The van der Waals surface area contributed by atoms with Crippen LogP contribution in [0.3, 0.4) is 0 Å². The molecule has 0 heterocycles. The Morgan fingerprint density at radius 3 is 2.67 bits per heavy atom. The average molecular weight is 146 g/mol. The Kier molecular flexibility index (Phi) is 3.44. The molecule has 0 bridgehead atoms. The fourth-order valence-electron chi connectivity index (χ4n) is 0.823. The molecule has 1 nitrogen and oxygen atoms in total. The summed E-state index contributed by atoms with van der Waals surface area (Å²) in [6.07, 6.45) is 4.30. The van der Waals surface area contributed by atoms with Gasteiger partial charge in [-0.15, -0.1) is 0 Å². The van der Waals surface area contributed by atoms with Gasteiger partial charge >= 0.3 is 0 Å². The van der Waals surface area contributed by atoms with E-state index in [2.05, 4.69) is 0 Å². The molecular formula is C7H14OS. The number of thioether (sulfide) groups is 1. The van der Waals surface area contributed by atoms with E-state index in [0.717, 1.165) is 11.7 Å². The van der Waals surface area contributed by atoms with E-state index in [1.807, 2.05) is 11.8 Å². The van der Waals surface area contributed by atoms with Gasteiger partial charge in [0, 0.05) is 5.75 Å². The Bertz CT molecular complexity index is 71.3. The van der Waals surface area contributed by atoms with Crippen LogP contribution < -0.4 is 0 Å². The van der Waals surface area contributed by atoms with E-state index in [4.69, 9.17) is 5.11 Å². The van der Waals surface area contributed by atoms with Crippen LogP contribution in [0.15, 0.2) is 0 Å². The van der Waals surface area contributed by atoms with Gasteiger partial charge in [0.25, 0.3) is 0 Å². The Labute approximate surface area is 60.8 Å². The highest BCUT2D eigenvalue weighted by Gasteiger charge is 2.19. The third kappa shape index (κ3) is 3.82.